The first-order chi connectivity index (χ1) is 14.1. The first-order valence-electron chi connectivity index (χ1n) is 9.68. The molecule has 1 saturated heterocycles. The van der Waals surface area contributed by atoms with Gasteiger partial charge in [0.05, 0.1) is 47.7 Å². The Balaban J connectivity index is 1.56. The van der Waals surface area contributed by atoms with Gasteiger partial charge >= 0.3 is 0 Å². The van der Waals surface area contributed by atoms with Crippen LogP contribution in [0.2, 0.25) is 0 Å². The minimum absolute atomic E-state index is 0.148. The van der Waals surface area contributed by atoms with E-state index < -0.39 is 0 Å². The fourth-order valence-corrected chi connectivity index (χ4v) is 3.43. The van der Waals surface area contributed by atoms with Crippen LogP contribution in [0.15, 0.2) is 35.1 Å². The van der Waals surface area contributed by atoms with Gasteiger partial charge in [0.15, 0.2) is 0 Å². The number of aromatic nitrogens is 4. The molecule has 1 fully saturated rings. The van der Waals surface area contributed by atoms with Crippen molar-refractivity contribution in [1.29, 1.82) is 0 Å². The van der Waals surface area contributed by atoms with Gasteiger partial charge in [-0.25, -0.2) is 9.97 Å². The van der Waals surface area contributed by atoms with Crippen LogP contribution in [0, 0.1) is 13.8 Å². The Hall–Kier alpha value is -3.13. The van der Waals surface area contributed by atoms with Crippen molar-refractivity contribution in [2.45, 2.75) is 33.3 Å². The van der Waals surface area contributed by atoms with E-state index in [2.05, 4.69) is 15.1 Å². The highest BCUT2D eigenvalue weighted by Crippen LogP contribution is 2.29. The Bertz CT molecular complexity index is 1020. The molecule has 1 amide bonds. The Labute approximate surface area is 168 Å². The van der Waals surface area contributed by atoms with Gasteiger partial charge < -0.3 is 14.2 Å². The molecule has 0 saturated carbocycles. The second-order valence-corrected chi connectivity index (χ2v) is 7.02. The minimum atomic E-state index is -0.309. The predicted octanol–water partition coefficient (Wildman–Crippen LogP) is 2.92. The van der Waals surface area contributed by atoms with Crippen molar-refractivity contribution in [3.8, 4) is 11.3 Å². The molecule has 1 unspecified atom stereocenters. The van der Waals surface area contributed by atoms with Crippen LogP contribution in [-0.4, -0.2) is 50.6 Å². The van der Waals surface area contributed by atoms with E-state index in [1.807, 2.05) is 39.0 Å². The molecule has 0 bridgehead atoms. The normalized spacial score (nSPS) is 16.8. The number of rotatable bonds is 4. The highest BCUT2D eigenvalue weighted by atomic mass is 16.5. The third kappa shape index (κ3) is 3.88. The fraction of sp³-hybridized carbons (Fsp3) is 0.381. The summed E-state index contributed by atoms with van der Waals surface area (Å²) >= 11 is 0. The first kappa shape index (κ1) is 19.2. The number of hydrogen-bond acceptors (Lipinski definition) is 7. The summed E-state index contributed by atoms with van der Waals surface area (Å²) < 4.78 is 11.3. The zero-order valence-corrected chi connectivity index (χ0v) is 16.8. The Morgan fingerprint density at radius 3 is 2.86 bits per heavy atom. The van der Waals surface area contributed by atoms with Gasteiger partial charge in [-0.2, -0.15) is 0 Å². The molecule has 8 nitrogen and oxygen atoms in total. The third-order valence-electron chi connectivity index (χ3n) is 4.96. The maximum Gasteiger partial charge on any atom is 0.274 e. The third-order valence-corrected chi connectivity index (χ3v) is 4.96. The van der Waals surface area contributed by atoms with E-state index in [-0.39, 0.29) is 12.0 Å². The SMILES string of the molecule is CCc1onc(C)c1-c1cccc(C2CN(C(=O)c3cnc(C)cn3)CCO2)n1. The zero-order chi connectivity index (χ0) is 20.4. The molecule has 1 atom stereocenters. The summed E-state index contributed by atoms with van der Waals surface area (Å²) in [5.74, 6) is 0.663. The van der Waals surface area contributed by atoms with Crippen molar-refractivity contribution in [2.75, 3.05) is 19.7 Å². The van der Waals surface area contributed by atoms with Crippen LogP contribution >= 0.6 is 0 Å². The summed E-state index contributed by atoms with van der Waals surface area (Å²) in [4.78, 5) is 27.7. The lowest BCUT2D eigenvalue weighted by Gasteiger charge is -2.32. The molecule has 0 N–H and O–H groups in total. The first-order valence-corrected chi connectivity index (χ1v) is 9.68. The van der Waals surface area contributed by atoms with Crippen LogP contribution in [0.4, 0.5) is 0 Å². The number of hydrogen-bond donors (Lipinski definition) is 0. The van der Waals surface area contributed by atoms with E-state index in [9.17, 15) is 4.79 Å². The molecule has 3 aromatic rings. The molecular formula is C21H23N5O3. The monoisotopic (exact) mass is 393 g/mol. The molecule has 3 aromatic heterocycles. The Morgan fingerprint density at radius 2 is 2.10 bits per heavy atom. The molecule has 4 rings (SSSR count). The lowest BCUT2D eigenvalue weighted by atomic mass is 10.1. The Morgan fingerprint density at radius 1 is 1.24 bits per heavy atom. The van der Waals surface area contributed by atoms with Crippen molar-refractivity contribution < 1.29 is 14.1 Å². The highest BCUT2D eigenvalue weighted by Gasteiger charge is 2.28. The van der Waals surface area contributed by atoms with Crippen LogP contribution in [0.25, 0.3) is 11.3 Å². The molecule has 1 aliphatic heterocycles. The van der Waals surface area contributed by atoms with Gasteiger partial charge in [0.1, 0.15) is 17.6 Å². The van der Waals surface area contributed by atoms with Crippen molar-refractivity contribution in [3.63, 3.8) is 0 Å². The fourth-order valence-electron chi connectivity index (χ4n) is 3.43. The molecule has 29 heavy (non-hydrogen) atoms. The molecular weight excluding hydrogens is 370 g/mol. The van der Waals surface area contributed by atoms with Crippen LogP contribution in [-0.2, 0) is 11.2 Å². The molecule has 150 valence electrons. The molecule has 0 radical (unpaired) electrons. The largest absolute Gasteiger partial charge is 0.368 e. The van der Waals surface area contributed by atoms with Crippen molar-refractivity contribution in [2.24, 2.45) is 0 Å². The van der Waals surface area contributed by atoms with Gasteiger partial charge in [-0.1, -0.05) is 18.1 Å². The summed E-state index contributed by atoms with van der Waals surface area (Å²) in [6, 6.07) is 5.80. The number of aryl methyl sites for hydroxylation is 3. The number of amides is 1. The van der Waals surface area contributed by atoms with Crippen LogP contribution < -0.4 is 0 Å². The summed E-state index contributed by atoms with van der Waals surface area (Å²) in [7, 11) is 0. The minimum Gasteiger partial charge on any atom is -0.368 e. The molecule has 0 aliphatic carbocycles. The molecule has 1 aliphatic rings. The molecule has 0 aromatic carbocycles. The van der Waals surface area contributed by atoms with E-state index in [0.29, 0.717) is 25.4 Å². The average molecular weight is 393 g/mol. The van der Waals surface area contributed by atoms with Gasteiger partial charge in [-0.05, 0) is 26.0 Å². The lowest BCUT2D eigenvalue weighted by Crippen LogP contribution is -2.42. The number of pyridine rings is 1. The van der Waals surface area contributed by atoms with E-state index >= 15 is 0 Å². The standard InChI is InChI=1S/C21H23N5O3/c1-4-18-20(14(3)25-29-18)16-7-5-6-15(24-16)19-12-26(8-9-28-19)21(27)17-11-22-13(2)10-23-17/h5-7,10-11,19H,4,8-9,12H2,1-3H3. The van der Waals surface area contributed by atoms with Crippen LogP contribution in [0.5, 0.6) is 0 Å². The maximum absolute atomic E-state index is 12.8. The van der Waals surface area contributed by atoms with Gasteiger partial charge in [-0.3, -0.25) is 9.78 Å². The summed E-state index contributed by atoms with van der Waals surface area (Å²) in [6.07, 6.45) is 3.54. The number of nitrogens with zero attached hydrogens (tertiary/aromatic N) is 5. The molecule has 8 heteroatoms. The quantitative estimate of drug-likeness (QED) is 0.672. The lowest BCUT2D eigenvalue weighted by molar-refractivity contribution is -0.0248. The van der Waals surface area contributed by atoms with Crippen LogP contribution in [0.3, 0.4) is 0 Å². The second kappa shape index (κ2) is 8.08. The van der Waals surface area contributed by atoms with Crippen LogP contribution in [0.1, 0.15) is 46.4 Å². The zero-order valence-electron chi connectivity index (χ0n) is 16.8. The number of carbonyl (C=O) groups is 1. The summed E-state index contributed by atoms with van der Waals surface area (Å²) in [5.41, 5.74) is 4.43. The number of carbonyl (C=O) groups excluding carboxylic acids is 1. The van der Waals surface area contributed by atoms with E-state index in [1.54, 1.807) is 11.1 Å². The van der Waals surface area contributed by atoms with Gasteiger partial charge in [-0.15, -0.1) is 0 Å². The second-order valence-electron chi connectivity index (χ2n) is 7.02. The number of morpholine rings is 1. The molecule has 4 heterocycles. The maximum atomic E-state index is 12.8. The summed E-state index contributed by atoms with van der Waals surface area (Å²) in [6.45, 7) is 7.13. The van der Waals surface area contributed by atoms with E-state index in [1.165, 1.54) is 6.20 Å². The van der Waals surface area contributed by atoms with Crippen molar-refractivity contribution in [3.05, 3.63) is 59.1 Å². The smallest absolute Gasteiger partial charge is 0.274 e. The summed E-state index contributed by atoms with van der Waals surface area (Å²) in [5, 5.41) is 4.07. The predicted molar refractivity (Wildman–Crippen MR) is 105 cm³/mol. The average Bonchev–Trinajstić information content (AvgIpc) is 3.14. The van der Waals surface area contributed by atoms with Crippen molar-refractivity contribution in [1.82, 2.24) is 25.0 Å². The van der Waals surface area contributed by atoms with Gasteiger partial charge in [0.2, 0.25) is 0 Å². The van der Waals surface area contributed by atoms with Crippen molar-refractivity contribution >= 4 is 5.91 Å². The molecule has 0 spiro atoms. The topological polar surface area (TPSA) is 94.2 Å². The van der Waals surface area contributed by atoms with Gasteiger partial charge in [0, 0.05) is 19.2 Å². The van der Waals surface area contributed by atoms with Gasteiger partial charge in [0.25, 0.3) is 5.91 Å². The number of ether oxygens (including phenoxy) is 1. The van der Waals surface area contributed by atoms with E-state index in [4.69, 9.17) is 14.2 Å². The highest BCUT2D eigenvalue weighted by molar-refractivity contribution is 5.92. The Kier molecular flexibility index (Phi) is 5.35. The van der Waals surface area contributed by atoms with E-state index in [0.717, 1.165) is 40.5 Å².